The Hall–Kier alpha value is -1.10. The van der Waals surface area contributed by atoms with Gasteiger partial charge in [0.25, 0.3) is 0 Å². The van der Waals surface area contributed by atoms with Crippen LogP contribution in [0.25, 0.3) is 0 Å². The molecular weight excluding hydrogens is 218 g/mol. The molecule has 0 aromatic heterocycles. The lowest BCUT2D eigenvalue weighted by Crippen LogP contribution is -2.41. The van der Waals surface area contributed by atoms with Crippen LogP contribution in [0.1, 0.15) is 32.6 Å². The van der Waals surface area contributed by atoms with E-state index in [-0.39, 0.29) is 24.9 Å². The van der Waals surface area contributed by atoms with Gasteiger partial charge in [0.05, 0.1) is 13.1 Å². The highest BCUT2D eigenvalue weighted by Gasteiger charge is 2.19. The summed E-state index contributed by atoms with van der Waals surface area (Å²) in [5, 5.41) is 5.31. The Morgan fingerprint density at radius 3 is 2.65 bits per heavy atom. The van der Waals surface area contributed by atoms with E-state index < -0.39 is 0 Å². The molecule has 2 amide bonds. The molecule has 1 saturated carbocycles. The van der Waals surface area contributed by atoms with E-state index >= 15 is 0 Å². The van der Waals surface area contributed by atoms with Crippen LogP contribution >= 0.6 is 0 Å². The van der Waals surface area contributed by atoms with Crippen molar-refractivity contribution in [3.63, 3.8) is 0 Å². The predicted molar refractivity (Wildman–Crippen MR) is 66.2 cm³/mol. The van der Waals surface area contributed by atoms with E-state index in [9.17, 15) is 9.59 Å². The summed E-state index contributed by atoms with van der Waals surface area (Å²) in [4.78, 5) is 22.3. The van der Waals surface area contributed by atoms with E-state index in [0.717, 1.165) is 12.5 Å². The van der Waals surface area contributed by atoms with Crippen LogP contribution in [0.5, 0.6) is 0 Å². The van der Waals surface area contributed by atoms with Crippen LogP contribution in [0.3, 0.4) is 0 Å². The van der Waals surface area contributed by atoms with E-state index in [1.807, 2.05) is 0 Å². The third-order valence-corrected chi connectivity index (χ3v) is 3.26. The van der Waals surface area contributed by atoms with Crippen LogP contribution in [0, 0.1) is 11.8 Å². The molecule has 2 atom stereocenters. The zero-order chi connectivity index (χ0) is 12.7. The van der Waals surface area contributed by atoms with Gasteiger partial charge >= 0.3 is 0 Å². The number of nitrogens with one attached hydrogen (secondary N) is 2. The Balaban J connectivity index is 2.12. The third-order valence-electron chi connectivity index (χ3n) is 3.26. The minimum atomic E-state index is -0.300. The second kappa shape index (κ2) is 7.27. The minimum Gasteiger partial charge on any atom is -0.354 e. The zero-order valence-electron chi connectivity index (χ0n) is 10.5. The molecule has 0 aliphatic heterocycles. The van der Waals surface area contributed by atoms with Gasteiger partial charge in [-0.25, -0.2) is 0 Å². The highest BCUT2D eigenvalue weighted by atomic mass is 16.2. The maximum Gasteiger partial charge on any atom is 0.239 e. The number of carbonyl (C=O) groups excluding carboxylic acids is 2. The molecule has 5 nitrogen and oxygen atoms in total. The summed E-state index contributed by atoms with van der Waals surface area (Å²) in [6.45, 7) is 2.93. The van der Waals surface area contributed by atoms with Crippen molar-refractivity contribution in [2.45, 2.75) is 32.6 Å². The van der Waals surface area contributed by atoms with E-state index in [4.69, 9.17) is 5.73 Å². The number of nitrogens with two attached hydrogens (primary N) is 1. The average molecular weight is 241 g/mol. The smallest absolute Gasteiger partial charge is 0.239 e. The molecule has 17 heavy (non-hydrogen) atoms. The first-order chi connectivity index (χ1) is 8.11. The van der Waals surface area contributed by atoms with Crippen LogP contribution in [-0.4, -0.2) is 31.4 Å². The van der Waals surface area contributed by atoms with Gasteiger partial charge in [0.1, 0.15) is 0 Å². The number of hydrogen-bond donors (Lipinski definition) is 3. The van der Waals surface area contributed by atoms with Crippen molar-refractivity contribution in [3.05, 3.63) is 0 Å². The quantitative estimate of drug-likeness (QED) is 0.633. The van der Waals surface area contributed by atoms with Gasteiger partial charge in [-0.1, -0.05) is 19.8 Å². The van der Waals surface area contributed by atoms with Crippen molar-refractivity contribution in [1.82, 2.24) is 10.6 Å². The van der Waals surface area contributed by atoms with Gasteiger partial charge in [0.2, 0.25) is 11.8 Å². The maximum absolute atomic E-state index is 11.4. The molecule has 1 aliphatic carbocycles. The fraction of sp³-hybridized carbons (Fsp3) is 0.833. The topological polar surface area (TPSA) is 84.2 Å². The Kier molecular flexibility index (Phi) is 5.97. The highest BCUT2D eigenvalue weighted by Crippen LogP contribution is 2.27. The summed E-state index contributed by atoms with van der Waals surface area (Å²) in [5.41, 5.74) is 5.12. The van der Waals surface area contributed by atoms with Crippen LogP contribution in [-0.2, 0) is 9.59 Å². The Morgan fingerprint density at radius 2 is 2.00 bits per heavy atom. The van der Waals surface area contributed by atoms with Crippen molar-refractivity contribution >= 4 is 11.8 Å². The highest BCUT2D eigenvalue weighted by molar-refractivity contribution is 5.85. The van der Waals surface area contributed by atoms with Gasteiger partial charge in [-0.05, 0) is 24.7 Å². The molecular formula is C12H23N3O2. The normalized spacial score (nSPS) is 24.1. The van der Waals surface area contributed by atoms with Crippen molar-refractivity contribution in [2.75, 3.05) is 19.6 Å². The van der Waals surface area contributed by atoms with Crippen molar-refractivity contribution in [1.29, 1.82) is 0 Å². The lowest BCUT2D eigenvalue weighted by Gasteiger charge is -2.26. The Bertz CT molecular complexity index is 268. The molecule has 2 unspecified atom stereocenters. The molecule has 1 rings (SSSR count). The molecule has 98 valence electrons. The van der Waals surface area contributed by atoms with Crippen molar-refractivity contribution < 1.29 is 9.59 Å². The van der Waals surface area contributed by atoms with Crippen LogP contribution in [0.4, 0.5) is 0 Å². The molecule has 0 spiro atoms. The van der Waals surface area contributed by atoms with Crippen LogP contribution in [0.2, 0.25) is 0 Å². The first-order valence-electron chi connectivity index (χ1n) is 6.35. The van der Waals surface area contributed by atoms with Gasteiger partial charge in [0, 0.05) is 6.54 Å². The van der Waals surface area contributed by atoms with Gasteiger partial charge < -0.3 is 16.4 Å². The molecule has 4 N–H and O–H groups in total. The van der Waals surface area contributed by atoms with E-state index in [1.54, 1.807) is 0 Å². The molecule has 1 fully saturated rings. The van der Waals surface area contributed by atoms with Gasteiger partial charge in [-0.2, -0.15) is 0 Å². The number of hydrogen-bond acceptors (Lipinski definition) is 3. The number of carbonyl (C=O) groups is 2. The van der Waals surface area contributed by atoms with Crippen molar-refractivity contribution in [2.24, 2.45) is 17.6 Å². The standard InChI is InChI=1S/C12H23N3O2/c1-9-3-2-4-10(5-9)7-14-12(17)8-15-11(16)6-13/h9-10H,2-8,13H2,1H3,(H,14,17)(H,15,16). The number of rotatable bonds is 5. The lowest BCUT2D eigenvalue weighted by molar-refractivity contribution is -0.125. The summed E-state index contributed by atoms with van der Waals surface area (Å²) in [6, 6.07) is 0. The summed E-state index contributed by atoms with van der Waals surface area (Å²) in [5.74, 6) is 0.923. The second-order valence-electron chi connectivity index (χ2n) is 4.92. The van der Waals surface area contributed by atoms with E-state index in [2.05, 4.69) is 17.6 Å². The molecule has 0 bridgehead atoms. The Morgan fingerprint density at radius 1 is 1.24 bits per heavy atom. The Labute approximate surface area is 103 Å². The molecule has 0 heterocycles. The molecule has 5 heteroatoms. The molecule has 0 radical (unpaired) electrons. The van der Waals surface area contributed by atoms with E-state index in [1.165, 1.54) is 25.7 Å². The summed E-state index contributed by atoms with van der Waals surface area (Å²) < 4.78 is 0. The van der Waals surface area contributed by atoms with Crippen molar-refractivity contribution in [3.8, 4) is 0 Å². The molecule has 0 aromatic rings. The van der Waals surface area contributed by atoms with Gasteiger partial charge in [-0.15, -0.1) is 0 Å². The first kappa shape index (κ1) is 14.0. The van der Waals surface area contributed by atoms with Gasteiger partial charge in [0.15, 0.2) is 0 Å². The average Bonchev–Trinajstić information content (AvgIpc) is 2.33. The lowest BCUT2D eigenvalue weighted by atomic mass is 9.82. The largest absolute Gasteiger partial charge is 0.354 e. The molecule has 0 saturated heterocycles. The third kappa shape index (κ3) is 5.68. The zero-order valence-corrected chi connectivity index (χ0v) is 10.5. The monoisotopic (exact) mass is 241 g/mol. The predicted octanol–water partition coefficient (Wildman–Crippen LogP) is 0.00380. The summed E-state index contributed by atoms with van der Waals surface area (Å²) in [7, 11) is 0. The summed E-state index contributed by atoms with van der Waals surface area (Å²) >= 11 is 0. The molecule has 1 aliphatic rings. The van der Waals surface area contributed by atoms with Gasteiger partial charge in [-0.3, -0.25) is 9.59 Å². The number of amides is 2. The fourth-order valence-corrected chi connectivity index (χ4v) is 2.32. The summed E-state index contributed by atoms with van der Waals surface area (Å²) in [6.07, 6.45) is 4.94. The van der Waals surface area contributed by atoms with Crippen LogP contribution < -0.4 is 16.4 Å². The molecule has 0 aromatic carbocycles. The first-order valence-corrected chi connectivity index (χ1v) is 6.35. The minimum absolute atomic E-state index is 0.0261. The van der Waals surface area contributed by atoms with Crippen LogP contribution in [0.15, 0.2) is 0 Å². The maximum atomic E-state index is 11.4. The second-order valence-corrected chi connectivity index (χ2v) is 4.92. The fourth-order valence-electron chi connectivity index (χ4n) is 2.32. The van der Waals surface area contributed by atoms with E-state index in [0.29, 0.717) is 5.92 Å². The SMILES string of the molecule is CC1CCCC(CNC(=O)CNC(=O)CN)C1.